The number of hydrogen-bond acceptors (Lipinski definition) is 5. The summed E-state index contributed by atoms with van der Waals surface area (Å²) in [4.78, 5) is 23.7. The Balaban J connectivity index is 1.98. The van der Waals surface area contributed by atoms with E-state index in [0.717, 1.165) is 12.1 Å². The highest BCUT2D eigenvalue weighted by Crippen LogP contribution is 2.32. The molecule has 3 aromatic rings. The number of fused-ring (bicyclic) bond motifs is 1. The second-order valence-corrected chi connectivity index (χ2v) is 6.42. The summed E-state index contributed by atoms with van der Waals surface area (Å²) in [6, 6.07) is 6.36. The SMILES string of the molecule is COC(=O)Cc1c(C)c2cc(Cl)c(OCc3c(F)cccc3F)cc2oc1=O. The molecule has 0 atom stereocenters. The van der Waals surface area contributed by atoms with Gasteiger partial charge in [0.25, 0.3) is 0 Å². The molecule has 1 aromatic heterocycles. The molecule has 2 aromatic carbocycles. The Labute approximate surface area is 163 Å². The van der Waals surface area contributed by atoms with E-state index >= 15 is 0 Å². The van der Waals surface area contributed by atoms with Crippen LogP contribution >= 0.6 is 11.6 Å². The lowest BCUT2D eigenvalue weighted by atomic mass is 10.0. The molecule has 1 heterocycles. The number of esters is 1. The Morgan fingerprint density at radius 3 is 2.50 bits per heavy atom. The Hall–Kier alpha value is -2.93. The second kappa shape index (κ2) is 7.98. The number of aryl methyl sites for hydroxylation is 1. The minimum atomic E-state index is -0.744. The van der Waals surface area contributed by atoms with Gasteiger partial charge in [0.1, 0.15) is 29.6 Å². The Morgan fingerprint density at radius 2 is 1.86 bits per heavy atom. The van der Waals surface area contributed by atoms with Gasteiger partial charge < -0.3 is 13.9 Å². The predicted octanol–water partition coefficient (Wildman–Crippen LogP) is 4.33. The highest BCUT2D eigenvalue weighted by Gasteiger charge is 2.18. The largest absolute Gasteiger partial charge is 0.487 e. The maximum absolute atomic E-state index is 13.7. The number of halogens is 3. The van der Waals surface area contributed by atoms with Crippen molar-refractivity contribution < 1.29 is 27.5 Å². The van der Waals surface area contributed by atoms with E-state index in [1.807, 2.05) is 0 Å². The Bertz CT molecular complexity index is 1100. The highest BCUT2D eigenvalue weighted by atomic mass is 35.5. The van der Waals surface area contributed by atoms with Crippen LogP contribution < -0.4 is 10.4 Å². The Kier molecular flexibility index (Phi) is 5.65. The fraction of sp³-hybridized carbons (Fsp3) is 0.200. The summed E-state index contributed by atoms with van der Waals surface area (Å²) in [6.07, 6.45) is -0.233. The van der Waals surface area contributed by atoms with Gasteiger partial charge in [-0.3, -0.25) is 4.79 Å². The second-order valence-electron chi connectivity index (χ2n) is 6.01. The molecule has 28 heavy (non-hydrogen) atoms. The molecule has 0 unspecified atom stereocenters. The summed E-state index contributed by atoms with van der Waals surface area (Å²) < 4.78 is 42.8. The first kappa shape index (κ1) is 19.8. The van der Waals surface area contributed by atoms with Crippen LogP contribution in [0.3, 0.4) is 0 Å². The number of methoxy groups -OCH3 is 1. The van der Waals surface area contributed by atoms with Crippen molar-refractivity contribution in [3.8, 4) is 5.75 Å². The van der Waals surface area contributed by atoms with Crippen molar-refractivity contribution in [2.75, 3.05) is 7.11 Å². The molecule has 5 nitrogen and oxygen atoms in total. The standard InChI is InChI=1S/C20H15ClF2O5/c1-10-11-6-14(21)18(27-9-13-15(22)4-3-5-16(13)23)8-17(11)28-20(25)12(10)7-19(24)26-2/h3-6,8H,7,9H2,1-2H3. The molecule has 3 rings (SSSR count). The molecule has 0 spiro atoms. The van der Waals surface area contributed by atoms with Crippen molar-refractivity contribution in [3.63, 3.8) is 0 Å². The van der Waals surface area contributed by atoms with E-state index in [1.165, 1.54) is 25.3 Å². The molecule has 0 saturated heterocycles. The molecular formula is C20H15ClF2O5. The van der Waals surface area contributed by atoms with E-state index in [0.29, 0.717) is 10.9 Å². The average Bonchev–Trinajstić information content (AvgIpc) is 2.65. The third-order valence-corrected chi connectivity index (χ3v) is 4.62. The number of carbonyl (C=O) groups is 1. The molecule has 0 bridgehead atoms. The van der Waals surface area contributed by atoms with Crippen LogP contribution in [0.2, 0.25) is 5.02 Å². The van der Waals surface area contributed by atoms with Gasteiger partial charge in [0.2, 0.25) is 0 Å². The van der Waals surface area contributed by atoms with Gasteiger partial charge in [-0.25, -0.2) is 13.6 Å². The van der Waals surface area contributed by atoms with Crippen molar-refractivity contribution in [3.05, 3.63) is 74.1 Å². The van der Waals surface area contributed by atoms with Crippen LogP contribution in [-0.2, 0) is 22.6 Å². The highest BCUT2D eigenvalue weighted by molar-refractivity contribution is 6.32. The molecule has 0 aliphatic carbocycles. The van der Waals surface area contributed by atoms with Gasteiger partial charge in [-0.05, 0) is 30.7 Å². The number of hydrogen-bond donors (Lipinski definition) is 0. The summed E-state index contributed by atoms with van der Waals surface area (Å²) in [7, 11) is 1.22. The maximum Gasteiger partial charge on any atom is 0.340 e. The molecule has 0 saturated carbocycles. The minimum absolute atomic E-state index is 0.0973. The van der Waals surface area contributed by atoms with E-state index < -0.39 is 29.8 Å². The van der Waals surface area contributed by atoms with Crippen LogP contribution in [0.4, 0.5) is 8.78 Å². The first-order valence-corrected chi connectivity index (χ1v) is 8.58. The summed E-state index contributed by atoms with van der Waals surface area (Å²) in [5.41, 5.74) is -0.0826. The van der Waals surface area contributed by atoms with Gasteiger partial charge in [0.05, 0.1) is 29.7 Å². The van der Waals surface area contributed by atoms with Crippen LogP contribution in [0.15, 0.2) is 39.5 Å². The zero-order valence-electron chi connectivity index (χ0n) is 15.0. The van der Waals surface area contributed by atoms with Crippen molar-refractivity contribution in [2.45, 2.75) is 20.0 Å². The van der Waals surface area contributed by atoms with Crippen molar-refractivity contribution in [1.82, 2.24) is 0 Å². The first-order valence-electron chi connectivity index (χ1n) is 8.20. The first-order chi connectivity index (χ1) is 13.3. The Morgan fingerprint density at radius 1 is 1.18 bits per heavy atom. The van der Waals surface area contributed by atoms with Crippen LogP contribution in [-0.4, -0.2) is 13.1 Å². The lowest BCUT2D eigenvalue weighted by Gasteiger charge is -2.12. The van der Waals surface area contributed by atoms with Gasteiger partial charge in [0.15, 0.2) is 0 Å². The predicted molar refractivity (Wildman–Crippen MR) is 98.6 cm³/mol. The molecule has 146 valence electrons. The molecular weight excluding hydrogens is 394 g/mol. The third-order valence-electron chi connectivity index (χ3n) is 4.32. The van der Waals surface area contributed by atoms with E-state index in [1.54, 1.807) is 6.92 Å². The number of benzene rings is 2. The van der Waals surface area contributed by atoms with E-state index in [4.69, 9.17) is 20.8 Å². The molecule has 0 aliphatic heterocycles. The molecule has 8 heteroatoms. The third kappa shape index (κ3) is 3.84. The maximum atomic E-state index is 13.7. The van der Waals surface area contributed by atoms with Crippen molar-refractivity contribution in [1.29, 1.82) is 0 Å². The minimum Gasteiger partial charge on any atom is -0.487 e. The summed E-state index contributed by atoms with van der Waals surface area (Å²) >= 11 is 6.22. The van der Waals surface area contributed by atoms with Gasteiger partial charge in [-0.15, -0.1) is 0 Å². The van der Waals surface area contributed by atoms with E-state index in [9.17, 15) is 18.4 Å². The van der Waals surface area contributed by atoms with Crippen molar-refractivity contribution >= 4 is 28.5 Å². The van der Waals surface area contributed by atoms with E-state index in [-0.39, 0.29) is 33.9 Å². The van der Waals surface area contributed by atoms with Crippen molar-refractivity contribution in [2.24, 2.45) is 0 Å². The quantitative estimate of drug-likeness (QED) is 0.464. The van der Waals surface area contributed by atoms with E-state index in [2.05, 4.69) is 4.74 Å². The molecule has 0 N–H and O–H groups in total. The molecule has 0 radical (unpaired) electrons. The number of ether oxygens (including phenoxy) is 2. The van der Waals surface area contributed by atoms with Gasteiger partial charge >= 0.3 is 11.6 Å². The topological polar surface area (TPSA) is 65.7 Å². The zero-order chi connectivity index (χ0) is 20.4. The fourth-order valence-electron chi connectivity index (χ4n) is 2.74. The molecule has 0 fully saturated rings. The average molecular weight is 409 g/mol. The summed E-state index contributed by atoms with van der Waals surface area (Å²) in [5.74, 6) is -1.97. The number of rotatable bonds is 5. The van der Waals surface area contributed by atoms with Crippen LogP contribution in [0, 0.1) is 18.6 Å². The normalized spacial score (nSPS) is 10.9. The molecule has 0 amide bonds. The lowest BCUT2D eigenvalue weighted by Crippen LogP contribution is -2.16. The molecule has 0 aliphatic rings. The summed E-state index contributed by atoms with van der Waals surface area (Å²) in [5, 5.41) is 0.665. The smallest absolute Gasteiger partial charge is 0.340 e. The summed E-state index contributed by atoms with van der Waals surface area (Å²) in [6.45, 7) is 1.26. The zero-order valence-corrected chi connectivity index (χ0v) is 15.7. The fourth-order valence-corrected chi connectivity index (χ4v) is 2.96. The monoisotopic (exact) mass is 408 g/mol. The van der Waals surface area contributed by atoms with Gasteiger partial charge in [-0.2, -0.15) is 0 Å². The number of carbonyl (C=O) groups excluding carboxylic acids is 1. The van der Waals surface area contributed by atoms with Crippen LogP contribution in [0.1, 0.15) is 16.7 Å². The van der Waals surface area contributed by atoms with Gasteiger partial charge in [0, 0.05) is 11.5 Å². The van der Waals surface area contributed by atoms with Crippen LogP contribution in [0.25, 0.3) is 11.0 Å². The van der Waals surface area contributed by atoms with Gasteiger partial charge in [-0.1, -0.05) is 17.7 Å². The van der Waals surface area contributed by atoms with Crippen LogP contribution in [0.5, 0.6) is 5.75 Å². The lowest BCUT2D eigenvalue weighted by molar-refractivity contribution is -0.139.